The summed E-state index contributed by atoms with van der Waals surface area (Å²) in [6.45, 7) is 12.3. The molecule has 21 heavy (non-hydrogen) atoms. The van der Waals surface area contributed by atoms with Gasteiger partial charge in [0.15, 0.2) is 0 Å². The highest BCUT2D eigenvalue weighted by molar-refractivity contribution is 5.58. The van der Waals surface area contributed by atoms with Gasteiger partial charge in [-0.2, -0.15) is 0 Å². The summed E-state index contributed by atoms with van der Waals surface area (Å²) < 4.78 is 6.37. The molecule has 0 aromatic heterocycles. The summed E-state index contributed by atoms with van der Waals surface area (Å²) >= 11 is 0. The first-order chi connectivity index (χ1) is 9.89. The van der Waals surface area contributed by atoms with E-state index < -0.39 is 0 Å². The summed E-state index contributed by atoms with van der Waals surface area (Å²) in [6, 6.07) is 0. The fourth-order valence-electron chi connectivity index (χ4n) is 3.07. The second-order valence-corrected chi connectivity index (χ2v) is 6.61. The van der Waals surface area contributed by atoms with Crippen LogP contribution in [0.5, 0.6) is 11.5 Å². The Morgan fingerprint density at radius 2 is 1.90 bits per heavy atom. The number of nitrogens with one attached hydrogen (secondary N) is 1. The van der Waals surface area contributed by atoms with Crippen LogP contribution >= 0.6 is 0 Å². The second-order valence-electron chi connectivity index (χ2n) is 6.61. The van der Waals surface area contributed by atoms with Crippen molar-refractivity contribution < 1.29 is 9.84 Å². The Labute approximate surface area is 128 Å². The third kappa shape index (κ3) is 3.18. The van der Waals surface area contributed by atoms with E-state index in [0.717, 1.165) is 48.4 Å². The van der Waals surface area contributed by atoms with E-state index in [2.05, 4.69) is 19.2 Å². The summed E-state index contributed by atoms with van der Waals surface area (Å²) in [7, 11) is 0. The lowest BCUT2D eigenvalue weighted by Crippen LogP contribution is -2.46. The molecule has 0 spiro atoms. The van der Waals surface area contributed by atoms with Gasteiger partial charge in [0.25, 0.3) is 0 Å². The molecule has 2 N–H and O–H groups in total. The first-order valence-electron chi connectivity index (χ1n) is 8.11. The summed E-state index contributed by atoms with van der Waals surface area (Å²) in [6.07, 6.45) is 4.38. The van der Waals surface area contributed by atoms with Gasteiger partial charge in [-0.05, 0) is 70.2 Å². The Balaban J connectivity index is 2.20. The quantitative estimate of drug-likeness (QED) is 0.811. The number of rotatable bonds is 5. The maximum absolute atomic E-state index is 10.2. The zero-order valence-electron chi connectivity index (χ0n) is 14.1. The van der Waals surface area contributed by atoms with Crippen molar-refractivity contribution in [3.05, 3.63) is 22.3 Å². The van der Waals surface area contributed by atoms with Gasteiger partial charge in [-0.25, -0.2) is 0 Å². The molecule has 0 amide bonds. The third-order valence-corrected chi connectivity index (χ3v) is 4.80. The van der Waals surface area contributed by atoms with Crippen molar-refractivity contribution in [3.63, 3.8) is 0 Å². The maximum Gasteiger partial charge on any atom is 0.127 e. The van der Waals surface area contributed by atoms with Crippen molar-refractivity contribution in [1.29, 1.82) is 0 Å². The van der Waals surface area contributed by atoms with Crippen molar-refractivity contribution in [1.82, 2.24) is 5.32 Å². The van der Waals surface area contributed by atoms with E-state index in [1.165, 1.54) is 18.4 Å². The van der Waals surface area contributed by atoms with Crippen LogP contribution in [0.4, 0.5) is 0 Å². The summed E-state index contributed by atoms with van der Waals surface area (Å²) in [4.78, 5) is 0. The fourth-order valence-corrected chi connectivity index (χ4v) is 3.07. The van der Waals surface area contributed by atoms with Crippen molar-refractivity contribution >= 4 is 0 Å². The number of benzene rings is 1. The van der Waals surface area contributed by atoms with Crippen LogP contribution < -0.4 is 10.1 Å². The highest BCUT2D eigenvalue weighted by atomic mass is 16.5. The van der Waals surface area contributed by atoms with Crippen LogP contribution in [0.15, 0.2) is 0 Å². The second kappa shape index (κ2) is 6.27. The largest absolute Gasteiger partial charge is 0.507 e. The van der Waals surface area contributed by atoms with Crippen LogP contribution in [0, 0.1) is 20.8 Å². The molecule has 0 fully saturated rings. The number of phenols is 1. The molecule has 3 nitrogen and oxygen atoms in total. The molecule has 1 aromatic carbocycles. The topological polar surface area (TPSA) is 41.5 Å². The molecule has 3 heteroatoms. The Morgan fingerprint density at radius 1 is 1.19 bits per heavy atom. The number of hydrogen-bond acceptors (Lipinski definition) is 3. The van der Waals surface area contributed by atoms with Crippen LogP contribution in [-0.2, 0) is 6.42 Å². The molecule has 1 aliphatic heterocycles. The van der Waals surface area contributed by atoms with Gasteiger partial charge in [0.1, 0.15) is 17.1 Å². The van der Waals surface area contributed by atoms with Crippen LogP contribution in [0.25, 0.3) is 0 Å². The van der Waals surface area contributed by atoms with E-state index >= 15 is 0 Å². The maximum atomic E-state index is 10.2. The molecule has 1 unspecified atom stereocenters. The van der Waals surface area contributed by atoms with Gasteiger partial charge in [-0.15, -0.1) is 0 Å². The summed E-state index contributed by atoms with van der Waals surface area (Å²) in [5, 5.41) is 13.7. The van der Waals surface area contributed by atoms with Gasteiger partial charge >= 0.3 is 0 Å². The van der Waals surface area contributed by atoms with Crippen molar-refractivity contribution in [2.45, 2.75) is 65.9 Å². The SMILES string of the molecule is CCCCNCC1(C)CCc2c(C)c(O)c(C)c(C)c2O1. The molecule has 1 aliphatic rings. The number of aromatic hydroxyl groups is 1. The molecular weight excluding hydrogens is 262 g/mol. The van der Waals surface area contributed by atoms with Gasteiger partial charge in [-0.3, -0.25) is 0 Å². The number of phenolic OH excluding ortho intramolecular Hbond substituents is 1. The number of ether oxygens (including phenoxy) is 1. The Kier molecular flexibility index (Phi) is 4.82. The predicted octanol–water partition coefficient (Wildman–Crippen LogP) is 3.79. The van der Waals surface area contributed by atoms with E-state index in [4.69, 9.17) is 4.74 Å². The minimum atomic E-state index is -0.151. The molecule has 1 aromatic rings. The molecule has 2 rings (SSSR count). The van der Waals surface area contributed by atoms with Crippen molar-refractivity contribution in [3.8, 4) is 11.5 Å². The fraction of sp³-hybridized carbons (Fsp3) is 0.667. The van der Waals surface area contributed by atoms with Crippen molar-refractivity contribution in [2.75, 3.05) is 13.1 Å². The molecule has 0 bridgehead atoms. The summed E-state index contributed by atoms with van der Waals surface area (Å²) in [5.41, 5.74) is 4.03. The smallest absolute Gasteiger partial charge is 0.127 e. The Morgan fingerprint density at radius 3 is 2.57 bits per heavy atom. The average molecular weight is 291 g/mol. The Hall–Kier alpha value is -1.22. The normalized spacial score (nSPS) is 21.0. The molecule has 1 atom stereocenters. The zero-order valence-corrected chi connectivity index (χ0v) is 14.1. The molecule has 0 radical (unpaired) electrons. The van der Waals surface area contributed by atoms with Crippen LogP contribution in [0.2, 0.25) is 0 Å². The van der Waals surface area contributed by atoms with Crippen molar-refractivity contribution in [2.24, 2.45) is 0 Å². The number of fused-ring (bicyclic) bond motifs is 1. The zero-order chi connectivity index (χ0) is 15.6. The molecule has 0 saturated carbocycles. The van der Waals surface area contributed by atoms with Gasteiger partial charge in [0, 0.05) is 12.1 Å². The van der Waals surface area contributed by atoms with Crippen LogP contribution in [0.3, 0.4) is 0 Å². The lowest BCUT2D eigenvalue weighted by molar-refractivity contribution is 0.0634. The average Bonchev–Trinajstić information content (AvgIpc) is 2.47. The molecule has 1 heterocycles. The van der Waals surface area contributed by atoms with Gasteiger partial charge in [0.2, 0.25) is 0 Å². The number of unbranched alkanes of at least 4 members (excludes halogenated alkanes) is 1. The molecule has 0 aliphatic carbocycles. The van der Waals surface area contributed by atoms with Gasteiger partial charge in [-0.1, -0.05) is 13.3 Å². The van der Waals surface area contributed by atoms with E-state index in [9.17, 15) is 5.11 Å². The predicted molar refractivity (Wildman–Crippen MR) is 87.4 cm³/mol. The van der Waals surface area contributed by atoms with Crippen LogP contribution in [-0.4, -0.2) is 23.8 Å². The first-order valence-corrected chi connectivity index (χ1v) is 8.11. The van der Waals surface area contributed by atoms with Crippen LogP contribution in [0.1, 0.15) is 55.4 Å². The standard InChI is InChI=1S/C18H29NO2/c1-6-7-10-19-11-18(5)9-8-15-14(4)16(20)12(2)13(3)17(15)21-18/h19-20H,6-11H2,1-5H3. The molecular formula is C18H29NO2. The molecule has 118 valence electrons. The lowest BCUT2D eigenvalue weighted by atomic mass is 9.87. The minimum Gasteiger partial charge on any atom is -0.507 e. The molecule has 0 saturated heterocycles. The first kappa shape index (κ1) is 16.2. The van der Waals surface area contributed by atoms with Gasteiger partial charge in [0.05, 0.1) is 0 Å². The lowest BCUT2D eigenvalue weighted by Gasteiger charge is -2.38. The third-order valence-electron chi connectivity index (χ3n) is 4.80. The van der Waals surface area contributed by atoms with Gasteiger partial charge < -0.3 is 15.2 Å². The minimum absolute atomic E-state index is 0.151. The van der Waals surface area contributed by atoms with E-state index in [-0.39, 0.29) is 5.60 Å². The Bertz CT molecular complexity index is 525. The monoisotopic (exact) mass is 291 g/mol. The van der Waals surface area contributed by atoms with E-state index in [0.29, 0.717) is 5.75 Å². The number of hydrogen-bond donors (Lipinski definition) is 2. The van der Waals surface area contributed by atoms with E-state index in [1.807, 2.05) is 20.8 Å². The van der Waals surface area contributed by atoms with E-state index in [1.54, 1.807) is 0 Å². The summed E-state index contributed by atoms with van der Waals surface area (Å²) in [5.74, 6) is 1.42. The highest BCUT2D eigenvalue weighted by Gasteiger charge is 2.34. The highest BCUT2D eigenvalue weighted by Crippen LogP contribution is 2.43.